The first-order valence-electron chi connectivity index (χ1n) is 5.20. The van der Waals surface area contributed by atoms with Crippen LogP contribution in [0.1, 0.15) is 13.3 Å². The molecule has 0 aliphatic rings. The lowest BCUT2D eigenvalue weighted by atomic mass is 10.1. The highest BCUT2D eigenvalue weighted by molar-refractivity contribution is 6.31. The van der Waals surface area contributed by atoms with Crippen LogP contribution in [0.15, 0.2) is 24.4 Å². The average molecular weight is 239 g/mol. The lowest BCUT2D eigenvalue weighted by Gasteiger charge is -2.08. The monoisotopic (exact) mass is 238 g/mol. The Morgan fingerprint density at radius 2 is 2.12 bits per heavy atom. The number of halogens is 2. The number of rotatable bonds is 3. The summed E-state index contributed by atoms with van der Waals surface area (Å²) in [6.07, 6.45) is 2.58. The maximum atomic E-state index is 13.7. The van der Waals surface area contributed by atoms with Crippen molar-refractivity contribution in [2.75, 3.05) is 11.9 Å². The van der Waals surface area contributed by atoms with Gasteiger partial charge in [-0.1, -0.05) is 18.5 Å². The van der Waals surface area contributed by atoms with E-state index in [4.69, 9.17) is 11.6 Å². The second kappa shape index (κ2) is 4.66. The number of nitrogens with zero attached hydrogens (tertiary/aromatic N) is 1. The normalized spacial score (nSPS) is 10.7. The van der Waals surface area contributed by atoms with Crippen LogP contribution < -0.4 is 5.32 Å². The van der Waals surface area contributed by atoms with Gasteiger partial charge in [0.15, 0.2) is 0 Å². The first-order valence-corrected chi connectivity index (χ1v) is 5.58. The summed E-state index contributed by atoms with van der Waals surface area (Å²) in [5, 5.41) is 4.57. The van der Waals surface area contributed by atoms with Gasteiger partial charge < -0.3 is 5.32 Å². The predicted octanol–water partition coefficient (Wildman–Crippen LogP) is 3.85. The number of anilines is 1. The Morgan fingerprint density at radius 1 is 1.31 bits per heavy atom. The highest BCUT2D eigenvalue weighted by Crippen LogP contribution is 2.27. The lowest BCUT2D eigenvalue weighted by molar-refractivity contribution is 0.640. The van der Waals surface area contributed by atoms with E-state index in [0.717, 1.165) is 18.4 Å². The second-order valence-electron chi connectivity index (χ2n) is 3.54. The molecule has 2 rings (SSSR count). The van der Waals surface area contributed by atoms with Crippen molar-refractivity contribution in [1.82, 2.24) is 4.98 Å². The number of nitrogens with one attached hydrogen (secondary N) is 1. The van der Waals surface area contributed by atoms with E-state index in [-0.39, 0.29) is 10.8 Å². The van der Waals surface area contributed by atoms with Gasteiger partial charge in [-0.2, -0.15) is 0 Å². The molecule has 0 radical (unpaired) electrons. The number of hydrogen-bond acceptors (Lipinski definition) is 2. The Kier molecular flexibility index (Phi) is 3.25. The number of hydrogen-bond donors (Lipinski definition) is 1. The molecular formula is C12H12ClFN2. The van der Waals surface area contributed by atoms with E-state index >= 15 is 0 Å². The molecule has 0 aliphatic heterocycles. The van der Waals surface area contributed by atoms with Crippen molar-refractivity contribution >= 4 is 28.2 Å². The van der Waals surface area contributed by atoms with Crippen molar-refractivity contribution in [3.8, 4) is 0 Å². The quantitative estimate of drug-likeness (QED) is 0.879. The smallest absolute Gasteiger partial charge is 0.149 e. The first kappa shape index (κ1) is 11.1. The maximum Gasteiger partial charge on any atom is 0.149 e. The summed E-state index contributed by atoms with van der Waals surface area (Å²) in [6.45, 7) is 2.88. The zero-order valence-corrected chi connectivity index (χ0v) is 9.68. The van der Waals surface area contributed by atoms with E-state index in [1.807, 2.05) is 0 Å². The van der Waals surface area contributed by atoms with Gasteiger partial charge in [-0.05, 0) is 24.6 Å². The van der Waals surface area contributed by atoms with Crippen LogP contribution in [0.4, 0.5) is 10.2 Å². The fraction of sp³-hybridized carbons (Fsp3) is 0.250. The first-order chi connectivity index (χ1) is 7.74. The molecule has 2 aromatic rings. The van der Waals surface area contributed by atoms with Crippen LogP contribution >= 0.6 is 11.6 Å². The maximum absolute atomic E-state index is 13.7. The van der Waals surface area contributed by atoms with Gasteiger partial charge in [0.1, 0.15) is 11.6 Å². The number of aromatic nitrogens is 1. The molecule has 1 heterocycles. The summed E-state index contributed by atoms with van der Waals surface area (Å²) in [4.78, 5) is 4.19. The molecule has 0 fully saturated rings. The Bertz CT molecular complexity index is 514. The third kappa shape index (κ3) is 1.95. The van der Waals surface area contributed by atoms with Crippen LogP contribution in [0.5, 0.6) is 0 Å². The molecule has 0 saturated heterocycles. The van der Waals surface area contributed by atoms with Crippen LogP contribution in [-0.4, -0.2) is 11.5 Å². The van der Waals surface area contributed by atoms with E-state index in [0.29, 0.717) is 11.2 Å². The van der Waals surface area contributed by atoms with E-state index < -0.39 is 0 Å². The lowest BCUT2D eigenvalue weighted by Crippen LogP contribution is -2.02. The molecular weight excluding hydrogens is 227 g/mol. The van der Waals surface area contributed by atoms with Crippen molar-refractivity contribution in [1.29, 1.82) is 0 Å². The van der Waals surface area contributed by atoms with Crippen molar-refractivity contribution in [2.24, 2.45) is 0 Å². The molecule has 0 aliphatic carbocycles. The molecule has 1 aromatic heterocycles. The van der Waals surface area contributed by atoms with Crippen LogP contribution in [0.3, 0.4) is 0 Å². The fourth-order valence-electron chi connectivity index (χ4n) is 1.58. The van der Waals surface area contributed by atoms with E-state index in [9.17, 15) is 4.39 Å². The molecule has 84 valence electrons. The van der Waals surface area contributed by atoms with Crippen molar-refractivity contribution in [3.63, 3.8) is 0 Å². The van der Waals surface area contributed by atoms with E-state index in [1.54, 1.807) is 24.4 Å². The Labute approximate surface area is 98.4 Å². The molecule has 2 nitrogen and oxygen atoms in total. The van der Waals surface area contributed by atoms with Crippen molar-refractivity contribution in [2.45, 2.75) is 13.3 Å². The molecule has 1 aromatic carbocycles. The standard InChI is InChI=1S/C12H12ClFN2/c1-2-6-15-12-9-3-4-10(13)11(14)8(9)5-7-16-12/h3-5,7H,2,6H2,1H3,(H,15,16). The fourth-order valence-corrected chi connectivity index (χ4v) is 1.74. The largest absolute Gasteiger partial charge is 0.370 e. The Morgan fingerprint density at radius 3 is 2.88 bits per heavy atom. The zero-order chi connectivity index (χ0) is 11.5. The highest BCUT2D eigenvalue weighted by Gasteiger charge is 2.08. The molecule has 4 heteroatoms. The molecule has 0 amide bonds. The van der Waals surface area contributed by atoms with Gasteiger partial charge in [-0.15, -0.1) is 0 Å². The number of fused-ring (bicyclic) bond motifs is 1. The van der Waals surface area contributed by atoms with Crippen molar-refractivity contribution < 1.29 is 4.39 Å². The van der Waals surface area contributed by atoms with Crippen LogP contribution in [0.25, 0.3) is 10.8 Å². The zero-order valence-electron chi connectivity index (χ0n) is 8.93. The summed E-state index contributed by atoms with van der Waals surface area (Å²) < 4.78 is 13.7. The minimum atomic E-state index is -0.388. The van der Waals surface area contributed by atoms with Gasteiger partial charge in [0.25, 0.3) is 0 Å². The van der Waals surface area contributed by atoms with E-state index in [2.05, 4.69) is 17.2 Å². The van der Waals surface area contributed by atoms with Gasteiger partial charge in [-0.25, -0.2) is 9.37 Å². The molecule has 0 spiro atoms. The molecule has 16 heavy (non-hydrogen) atoms. The number of benzene rings is 1. The summed E-state index contributed by atoms with van der Waals surface area (Å²) in [7, 11) is 0. The van der Waals surface area contributed by atoms with Gasteiger partial charge in [0.05, 0.1) is 5.02 Å². The summed E-state index contributed by atoms with van der Waals surface area (Å²) in [5.41, 5.74) is 0. The molecule has 0 unspecified atom stereocenters. The van der Waals surface area contributed by atoms with Crippen LogP contribution in [-0.2, 0) is 0 Å². The minimum Gasteiger partial charge on any atom is -0.370 e. The molecule has 0 bridgehead atoms. The predicted molar refractivity (Wildman–Crippen MR) is 65.5 cm³/mol. The van der Waals surface area contributed by atoms with Gasteiger partial charge >= 0.3 is 0 Å². The second-order valence-corrected chi connectivity index (χ2v) is 3.95. The SMILES string of the molecule is CCCNc1nccc2c(F)c(Cl)ccc12. The van der Waals surface area contributed by atoms with Gasteiger partial charge in [-0.3, -0.25) is 0 Å². The van der Waals surface area contributed by atoms with Crippen LogP contribution in [0.2, 0.25) is 5.02 Å². The highest BCUT2D eigenvalue weighted by atomic mass is 35.5. The third-order valence-electron chi connectivity index (χ3n) is 2.38. The summed E-state index contributed by atoms with van der Waals surface area (Å²) >= 11 is 5.73. The van der Waals surface area contributed by atoms with E-state index in [1.165, 1.54) is 0 Å². The molecule has 1 N–H and O–H groups in total. The molecule has 0 saturated carbocycles. The van der Waals surface area contributed by atoms with Crippen LogP contribution in [0, 0.1) is 5.82 Å². The molecule has 0 atom stereocenters. The van der Waals surface area contributed by atoms with Gasteiger partial charge in [0, 0.05) is 23.5 Å². The Hall–Kier alpha value is -1.35. The minimum absolute atomic E-state index is 0.139. The third-order valence-corrected chi connectivity index (χ3v) is 2.67. The topological polar surface area (TPSA) is 24.9 Å². The number of pyridine rings is 1. The van der Waals surface area contributed by atoms with Crippen molar-refractivity contribution in [3.05, 3.63) is 35.2 Å². The Balaban J connectivity index is 2.56. The average Bonchev–Trinajstić information content (AvgIpc) is 2.31. The van der Waals surface area contributed by atoms with Gasteiger partial charge in [0.2, 0.25) is 0 Å². The summed E-state index contributed by atoms with van der Waals surface area (Å²) in [5.74, 6) is 0.316. The summed E-state index contributed by atoms with van der Waals surface area (Å²) in [6, 6.07) is 4.97.